The first-order valence-corrected chi connectivity index (χ1v) is 5.66. The van der Waals surface area contributed by atoms with E-state index in [9.17, 15) is 8.42 Å². The lowest BCUT2D eigenvalue weighted by atomic mass is 10.2. The van der Waals surface area contributed by atoms with Gasteiger partial charge < -0.3 is 5.11 Å². The van der Waals surface area contributed by atoms with Crippen LogP contribution in [-0.2, 0) is 10.0 Å². The molecule has 0 radical (unpaired) electrons. The van der Waals surface area contributed by atoms with Gasteiger partial charge in [0, 0.05) is 6.61 Å². The molecule has 0 fully saturated rings. The quantitative estimate of drug-likeness (QED) is 0.724. The summed E-state index contributed by atoms with van der Waals surface area (Å²) in [5.41, 5.74) is 1.01. The second-order valence-electron chi connectivity index (χ2n) is 2.67. The molecule has 0 aliphatic carbocycles. The number of aliphatic hydroxyl groups is 1. The molecule has 0 saturated carbocycles. The molecule has 4 nitrogen and oxygen atoms in total. The molecule has 0 bridgehead atoms. The molecule has 0 atom stereocenters. The molecule has 0 aromatic heterocycles. The summed E-state index contributed by atoms with van der Waals surface area (Å²) in [6, 6.07) is 6.40. The molecule has 0 aliphatic rings. The van der Waals surface area contributed by atoms with Gasteiger partial charge in [0.15, 0.2) is 0 Å². The first kappa shape index (κ1) is 13.1. The zero-order valence-electron chi connectivity index (χ0n) is 8.27. The van der Waals surface area contributed by atoms with Gasteiger partial charge in [0.1, 0.15) is 0 Å². The van der Waals surface area contributed by atoms with Gasteiger partial charge in [-0.05, 0) is 26.0 Å². The highest BCUT2D eigenvalue weighted by Gasteiger charge is 2.04. The number of rotatable bonds is 1. The van der Waals surface area contributed by atoms with Crippen LogP contribution < -0.4 is 5.14 Å². The van der Waals surface area contributed by atoms with Crippen molar-refractivity contribution in [3.8, 4) is 0 Å². The normalized spacial score (nSPS) is 10.3. The topological polar surface area (TPSA) is 80.4 Å². The number of nitrogens with two attached hydrogens (primary N) is 1. The minimum atomic E-state index is -3.52. The van der Waals surface area contributed by atoms with Crippen molar-refractivity contribution >= 4 is 10.0 Å². The fraction of sp³-hybridized carbons (Fsp3) is 0.333. The predicted octanol–water partition coefficient (Wildman–Crippen LogP) is 0.641. The Labute approximate surface area is 84.4 Å². The maximum absolute atomic E-state index is 10.7. The van der Waals surface area contributed by atoms with E-state index < -0.39 is 10.0 Å². The Morgan fingerprint density at radius 1 is 1.29 bits per heavy atom. The second-order valence-corrected chi connectivity index (χ2v) is 4.24. The van der Waals surface area contributed by atoms with Crippen LogP contribution in [-0.4, -0.2) is 20.1 Å². The minimum Gasteiger partial charge on any atom is -0.397 e. The van der Waals surface area contributed by atoms with Crippen LogP contribution in [0, 0.1) is 6.92 Å². The highest BCUT2D eigenvalue weighted by atomic mass is 32.2. The van der Waals surface area contributed by atoms with E-state index in [0.29, 0.717) is 0 Å². The summed E-state index contributed by atoms with van der Waals surface area (Å²) in [7, 11) is -3.52. The van der Waals surface area contributed by atoms with Crippen LogP contribution in [0.3, 0.4) is 0 Å². The number of hydrogen-bond donors (Lipinski definition) is 2. The largest absolute Gasteiger partial charge is 0.397 e. The first-order valence-electron chi connectivity index (χ1n) is 4.12. The Balaban J connectivity index is 0.000000500. The Morgan fingerprint density at radius 2 is 1.64 bits per heavy atom. The van der Waals surface area contributed by atoms with Crippen molar-refractivity contribution in [2.45, 2.75) is 18.7 Å². The van der Waals surface area contributed by atoms with Gasteiger partial charge >= 0.3 is 0 Å². The molecule has 0 unspecified atom stereocenters. The van der Waals surface area contributed by atoms with Crippen molar-refractivity contribution in [2.75, 3.05) is 6.61 Å². The van der Waals surface area contributed by atoms with E-state index in [1.54, 1.807) is 19.1 Å². The van der Waals surface area contributed by atoms with Crippen LogP contribution in [0.4, 0.5) is 0 Å². The molecule has 1 rings (SSSR count). The van der Waals surface area contributed by atoms with Crippen LogP contribution in [0.1, 0.15) is 12.5 Å². The first-order chi connectivity index (χ1) is 6.41. The van der Waals surface area contributed by atoms with Gasteiger partial charge in [-0.1, -0.05) is 17.7 Å². The molecule has 1 aromatic carbocycles. The molecule has 80 valence electrons. The average molecular weight is 217 g/mol. The summed E-state index contributed by atoms with van der Waals surface area (Å²) >= 11 is 0. The third-order valence-electron chi connectivity index (χ3n) is 1.35. The third-order valence-corrected chi connectivity index (χ3v) is 2.28. The van der Waals surface area contributed by atoms with E-state index in [2.05, 4.69) is 0 Å². The summed E-state index contributed by atoms with van der Waals surface area (Å²) in [5.74, 6) is 0. The van der Waals surface area contributed by atoms with Gasteiger partial charge in [-0.2, -0.15) is 0 Å². The standard InChI is InChI=1S/C7H9NO2S.C2H6O/c1-6-2-4-7(5-3-6)11(8,9)10;1-2-3/h2-5H,1H3,(H2,8,9,10);3H,2H2,1H3. The van der Waals surface area contributed by atoms with Crippen molar-refractivity contribution in [1.82, 2.24) is 0 Å². The smallest absolute Gasteiger partial charge is 0.238 e. The lowest BCUT2D eigenvalue weighted by molar-refractivity contribution is 0.318. The summed E-state index contributed by atoms with van der Waals surface area (Å²) in [5, 5.41) is 12.4. The van der Waals surface area contributed by atoms with Crippen LogP contribution in [0.5, 0.6) is 0 Å². The molecule has 0 spiro atoms. The van der Waals surface area contributed by atoms with Gasteiger partial charge in [0.05, 0.1) is 4.90 Å². The van der Waals surface area contributed by atoms with E-state index in [0.717, 1.165) is 5.56 Å². The number of primary sulfonamides is 1. The van der Waals surface area contributed by atoms with E-state index in [-0.39, 0.29) is 11.5 Å². The molecular formula is C9H15NO3S. The van der Waals surface area contributed by atoms with E-state index in [1.807, 2.05) is 6.92 Å². The van der Waals surface area contributed by atoms with Gasteiger partial charge in [-0.25, -0.2) is 13.6 Å². The number of aryl methyl sites for hydroxylation is 1. The Hall–Kier alpha value is -0.910. The monoisotopic (exact) mass is 217 g/mol. The van der Waals surface area contributed by atoms with Gasteiger partial charge in [0.25, 0.3) is 0 Å². The maximum atomic E-state index is 10.7. The van der Waals surface area contributed by atoms with E-state index in [1.165, 1.54) is 12.1 Å². The fourth-order valence-electron chi connectivity index (χ4n) is 0.728. The number of benzene rings is 1. The molecule has 3 N–H and O–H groups in total. The lowest BCUT2D eigenvalue weighted by Gasteiger charge is -1.96. The maximum Gasteiger partial charge on any atom is 0.238 e. The fourth-order valence-corrected chi connectivity index (χ4v) is 1.24. The number of hydrogen-bond acceptors (Lipinski definition) is 3. The molecule has 1 aromatic rings. The zero-order chi connectivity index (χ0) is 11.2. The highest BCUT2D eigenvalue weighted by molar-refractivity contribution is 7.89. The van der Waals surface area contributed by atoms with Crippen molar-refractivity contribution < 1.29 is 13.5 Å². The molecule has 0 heterocycles. The lowest BCUT2D eigenvalue weighted by Crippen LogP contribution is -2.11. The Morgan fingerprint density at radius 3 is 1.93 bits per heavy atom. The van der Waals surface area contributed by atoms with Crippen molar-refractivity contribution in [3.05, 3.63) is 29.8 Å². The highest BCUT2D eigenvalue weighted by Crippen LogP contribution is 2.06. The van der Waals surface area contributed by atoms with Gasteiger partial charge in [0.2, 0.25) is 10.0 Å². The zero-order valence-corrected chi connectivity index (χ0v) is 9.08. The van der Waals surface area contributed by atoms with Crippen LogP contribution >= 0.6 is 0 Å². The Bertz CT molecular complexity index is 356. The molecular weight excluding hydrogens is 202 g/mol. The van der Waals surface area contributed by atoms with E-state index in [4.69, 9.17) is 10.2 Å². The number of sulfonamides is 1. The Kier molecular flexibility index (Phi) is 5.37. The summed E-state index contributed by atoms with van der Waals surface area (Å²) in [4.78, 5) is 0.156. The predicted molar refractivity (Wildman–Crippen MR) is 55.3 cm³/mol. The molecule has 0 saturated heterocycles. The third kappa shape index (κ3) is 4.96. The minimum absolute atomic E-state index is 0.156. The second kappa shape index (κ2) is 5.74. The average Bonchev–Trinajstić information content (AvgIpc) is 2.04. The molecule has 0 amide bonds. The summed E-state index contributed by atoms with van der Waals surface area (Å²) < 4.78 is 21.4. The molecule has 14 heavy (non-hydrogen) atoms. The van der Waals surface area contributed by atoms with Gasteiger partial charge in [-0.15, -0.1) is 0 Å². The summed E-state index contributed by atoms with van der Waals surface area (Å²) in [6.07, 6.45) is 0. The van der Waals surface area contributed by atoms with Crippen LogP contribution in [0.25, 0.3) is 0 Å². The van der Waals surface area contributed by atoms with Crippen LogP contribution in [0.2, 0.25) is 0 Å². The van der Waals surface area contributed by atoms with E-state index >= 15 is 0 Å². The van der Waals surface area contributed by atoms with Crippen molar-refractivity contribution in [3.63, 3.8) is 0 Å². The molecule has 5 heteroatoms. The molecule has 0 aliphatic heterocycles. The summed E-state index contributed by atoms with van der Waals surface area (Å²) in [6.45, 7) is 3.81. The SMILES string of the molecule is CCO.Cc1ccc(S(N)(=O)=O)cc1. The van der Waals surface area contributed by atoms with Gasteiger partial charge in [-0.3, -0.25) is 0 Å². The van der Waals surface area contributed by atoms with Crippen molar-refractivity contribution in [2.24, 2.45) is 5.14 Å². The van der Waals surface area contributed by atoms with Crippen molar-refractivity contribution in [1.29, 1.82) is 0 Å². The number of aliphatic hydroxyl groups excluding tert-OH is 1. The van der Waals surface area contributed by atoms with Crippen LogP contribution in [0.15, 0.2) is 29.2 Å².